The van der Waals surface area contributed by atoms with Crippen molar-refractivity contribution in [3.05, 3.63) is 104 Å². The molecule has 10 nitrogen and oxygen atoms in total. The van der Waals surface area contributed by atoms with E-state index >= 15 is 0 Å². The van der Waals surface area contributed by atoms with Gasteiger partial charge in [0.25, 0.3) is 0 Å². The summed E-state index contributed by atoms with van der Waals surface area (Å²) in [6, 6.07) is 19.0. The highest BCUT2D eigenvalue weighted by atomic mass is 35.5. The van der Waals surface area contributed by atoms with Crippen molar-refractivity contribution < 1.29 is 14.3 Å². The van der Waals surface area contributed by atoms with E-state index in [4.69, 9.17) is 21.1 Å². The van der Waals surface area contributed by atoms with E-state index in [-0.39, 0.29) is 31.0 Å². The van der Waals surface area contributed by atoms with Crippen molar-refractivity contribution in [2.75, 3.05) is 11.9 Å². The molecule has 0 radical (unpaired) electrons. The number of carbonyl (C=O) groups is 1. The summed E-state index contributed by atoms with van der Waals surface area (Å²) < 4.78 is 13.3. The van der Waals surface area contributed by atoms with Crippen molar-refractivity contribution in [1.82, 2.24) is 19.1 Å². The second-order valence-electron chi connectivity index (χ2n) is 9.08. The number of rotatable bonds is 9. The predicted octanol–water partition coefficient (Wildman–Crippen LogP) is 4.55. The van der Waals surface area contributed by atoms with Crippen LogP contribution in [0, 0.1) is 5.92 Å². The molecule has 2 heterocycles. The zero-order valence-electron chi connectivity index (χ0n) is 21.1. The number of anilines is 2. The lowest BCUT2D eigenvalue weighted by Gasteiger charge is -2.34. The van der Waals surface area contributed by atoms with E-state index in [9.17, 15) is 14.4 Å². The van der Waals surface area contributed by atoms with Crippen LogP contribution in [0.5, 0.6) is 11.6 Å². The van der Waals surface area contributed by atoms with E-state index in [1.165, 1.54) is 4.57 Å². The Balaban J connectivity index is 1.43. The van der Waals surface area contributed by atoms with Gasteiger partial charge in [0.2, 0.25) is 11.8 Å². The van der Waals surface area contributed by atoms with Gasteiger partial charge in [0.15, 0.2) is 0 Å². The highest BCUT2D eigenvalue weighted by Gasteiger charge is 2.38. The van der Waals surface area contributed by atoms with Crippen molar-refractivity contribution in [1.29, 1.82) is 0 Å². The van der Waals surface area contributed by atoms with Gasteiger partial charge in [-0.2, -0.15) is 4.98 Å². The maximum Gasteiger partial charge on any atom is 0.355 e. The monoisotopic (exact) mass is 547 g/mol. The zero-order chi connectivity index (χ0) is 27.4. The lowest BCUT2D eigenvalue weighted by atomic mass is 9.80. The summed E-state index contributed by atoms with van der Waals surface area (Å²) in [6.45, 7) is 2.18. The molecule has 2 aromatic carbocycles. The molecule has 4 aromatic rings. The fraction of sp³-hybridized carbons (Fsp3) is 0.250. The van der Waals surface area contributed by atoms with Crippen molar-refractivity contribution in [2.24, 2.45) is 5.92 Å². The topological polar surface area (TPSA) is 117 Å². The van der Waals surface area contributed by atoms with Crippen LogP contribution in [-0.4, -0.2) is 31.7 Å². The fourth-order valence-corrected chi connectivity index (χ4v) is 4.47. The van der Waals surface area contributed by atoms with Gasteiger partial charge in [0.1, 0.15) is 5.75 Å². The first kappa shape index (κ1) is 26.2. The van der Waals surface area contributed by atoms with E-state index in [0.29, 0.717) is 35.2 Å². The normalized spacial score (nSPS) is 16.3. The Morgan fingerprint density at radius 3 is 2.46 bits per heavy atom. The average Bonchev–Trinajstić information content (AvgIpc) is 2.90. The number of benzene rings is 2. The summed E-state index contributed by atoms with van der Waals surface area (Å²) >= 11 is 6.03. The third kappa shape index (κ3) is 6.01. The molecule has 0 spiro atoms. The molecule has 11 heteroatoms. The molecule has 39 heavy (non-hydrogen) atoms. The molecule has 5 rings (SSSR count). The summed E-state index contributed by atoms with van der Waals surface area (Å²) in [7, 11) is 0. The highest BCUT2D eigenvalue weighted by molar-refractivity contribution is 6.30. The minimum absolute atomic E-state index is 0.0934. The van der Waals surface area contributed by atoms with Crippen LogP contribution in [0.4, 0.5) is 11.6 Å². The molecule has 0 bridgehead atoms. The first-order valence-corrected chi connectivity index (χ1v) is 12.9. The third-order valence-electron chi connectivity index (χ3n) is 6.42. The molecule has 1 fully saturated rings. The molecule has 0 saturated heterocycles. The van der Waals surface area contributed by atoms with Crippen LogP contribution in [0.1, 0.15) is 31.4 Å². The van der Waals surface area contributed by atoms with Crippen molar-refractivity contribution >= 4 is 29.2 Å². The van der Waals surface area contributed by atoms with Gasteiger partial charge in [-0.3, -0.25) is 9.36 Å². The van der Waals surface area contributed by atoms with Crippen LogP contribution in [0.25, 0.3) is 0 Å². The molecule has 1 saturated carbocycles. The molecule has 1 aliphatic rings. The number of nitrogens with one attached hydrogen (secondary N) is 1. The molecule has 0 amide bonds. The van der Waals surface area contributed by atoms with E-state index < -0.39 is 17.4 Å². The highest BCUT2D eigenvalue weighted by Crippen LogP contribution is 2.37. The van der Waals surface area contributed by atoms with Crippen molar-refractivity contribution in [3.8, 4) is 11.6 Å². The number of pyridine rings is 1. The molecule has 0 atom stereocenters. The van der Waals surface area contributed by atoms with Crippen LogP contribution in [0.15, 0.2) is 82.5 Å². The van der Waals surface area contributed by atoms with Gasteiger partial charge in [-0.05, 0) is 67.8 Å². The molecular weight excluding hydrogens is 522 g/mol. The molecule has 0 unspecified atom stereocenters. The second kappa shape index (κ2) is 11.5. The second-order valence-corrected chi connectivity index (χ2v) is 9.51. The fourth-order valence-electron chi connectivity index (χ4n) is 4.34. The van der Waals surface area contributed by atoms with Gasteiger partial charge in [-0.1, -0.05) is 29.8 Å². The first-order chi connectivity index (χ1) is 18.9. The standard InChI is InChI=1S/C28H26ClN5O5/c1-2-38-25(35)19-15-22(16-19)34-27(36)32-26(33(28(34)37)17-18-6-8-20(29)9-7-18)31-21-10-12-23(13-11-21)39-24-5-3-4-14-30-24/h3-14,19,22H,2,15-17H2,1H3,(H,31,32,36). The Labute approximate surface area is 228 Å². The molecule has 1 N–H and O–H groups in total. The van der Waals surface area contributed by atoms with E-state index in [1.54, 1.807) is 73.8 Å². The number of aromatic nitrogens is 4. The smallest absolute Gasteiger partial charge is 0.355 e. The van der Waals surface area contributed by atoms with Gasteiger partial charge in [0.05, 0.1) is 19.1 Å². The predicted molar refractivity (Wildman–Crippen MR) is 146 cm³/mol. The Morgan fingerprint density at radius 1 is 1.05 bits per heavy atom. The number of nitrogens with zero attached hydrogens (tertiary/aromatic N) is 4. The van der Waals surface area contributed by atoms with E-state index in [2.05, 4.69) is 15.3 Å². The average molecular weight is 548 g/mol. The number of carbonyl (C=O) groups excluding carboxylic acids is 1. The van der Waals surface area contributed by atoms with Crippen molar-refractivity contribution in [3.63, 3.8) is 0 Å². The van der Waals surface area contributed by atoms with E-state index in [0.717, 1.165) is 10.1 Å². The molecule has 1 aliphatic carbocycles. The molecular formula is C28H26ClN5O5. The number of hydrogen-bond donors (Lipinski definition) is 1. The number of halogens is 1. The number of esters is 1. The molecule has 200 valence electrons. The minimum atomic E-state index is -0.683. The quantitative estimate of drug-likeness (QED) is 0.303. The van der Waals surface area contributed by atoms with Crippen LogP contribution in [-0.2, 0) is 16.1 Å². The van der Waals surface area contributed by atoms with Gasteiger partial charge < -0.3 is 14.8 Å². The summed E-state index contributed by atoms with van der Waals surface area (Å²) in [5, 5.41) is 3.66. The Kier molecular flexibility index (Phi) is 7.74. The minimum Gasteiger partial charge on any atom is -0.466 e. The summed E-state index contributed by atoms with van der Waals surface area (Å²) in [5.41, 5.74) is 0.198. The van der Waals surface area contributed by atoms with Crippen LogP contribution >= 0.6 is 11.6 Å². The largest absolute Gasteiger partial charge is 0.466 e. The lowest BCUT2D eigenvalue weighted by Crippen LogP contribution is -2.49. The SMILES string of the molecule is CCOC(=O)C1CC(n2c(=O)nc(Nc3ccc(Oc4ccccn4)cc3)n(Cc3ccc(Cl)cc3)c2=O)C1. The van der Waals surface area contributed by atoms with Crippen molar-refractivity contribution in [2.45, 2.75) is 32.4 Å². The maximum absolute atomic E-state index is 13.6. The molecule has 2 aromatic heterocycles. The third-order valence-corrected chi connectivity index (χ3v) is 6.68. The molecule has 0 aliphatic heterocycles. The lowest BCUT2D eigenvalue weighted by molar-refractivity contribution is -0.152. The van der Waals surface area contributed by atoms with E-state index in [1.807, 2.05) is 6.07 Å². The summed E-state index contributed by atoms with van der Waals surface area (Å²) in [6.07, 6.45) is 2.34. The Morgan fingerprint density at radius 2 is 1.79 bits per heavy atom. The number of hydrogen-bond acceptors (Lipinski definition) is 8. The van der Waals surface area contributed by atoms with Crippen LogP contribution in [0.3, 0.4) is 0 Å². The Hall–Kier alpha value is -4.44. The summed E-state index contributed by atoms with van der Waals surface area (Å²) in [5.74, 6) is 0.472. The van der Waals surface area contributed by atoms with Gasteiger partial charge >= 0.3 is 17.3 Å². The maximum atomic E-state index is 13.6. The van der Waals surface area contributed by atoms with Gasteiger partial charge in [-0.25, -0.2) is 19.1 Å². The summed E-state index contributed by atoms with van der Waals surface area (Å²) in [4.78, 5) is 47.1. The first-order valence-electron chi connectivity index (χ1n) is 12.5. The van der Waals surface area contributed by atoms with Gasteiger partial charge in [-0.15, -0.1) is 0 Å². The Bertz CT molecular complexity index is 1560. The van der Waals surface area contributed by atoms with Crippen LogP contribution < -0.4 is 21.4 Å². The number of ether oxygens (including phenoxy) is 2. The van der Waals surface area contributed by atoms with Crippen LogP contribution in [0.2, 0.25) is 5.02 Å². The zero-order valence-corrected chi connectivity index (χ0v) is 21.9. The van der Waals surface area contributed by atoms with Gasteiger partial charge in [0, 0.05) is 29.0 Å².